The van der Waals surface area contributed by atoms with Crippen molar-refractivity contribution in [2.45, 2.75) is 24.1 Å². The van der Waals surface area contributed by atoms with Crippen LogP contribution in [0.3, 0.4) is 0 Å². The molecule has 1 fully saturated rings. The first-order valence-electron chi connectivity index (χ1n) is 8.94. The quantitative estimate of drug-likeness (QED) is 0.653. The summed E-state index contributed by atoms with van der Waals surface area (Å²) in [4.78, 5) is 19.3. The number of pyridine rings is 1. The van der Waals surface area contributed by atoms with Gasteiger partial charge in [-0.15, -0.1) is 0 Å². The van der Waals surface area contributed by atoms with E-state index in [-0.39, 0.29) is 11.2 Å². The molecule has 1 aliphatic heterocycles. The average Bonchev–Trinajstić information content (AvgIpc) is 3.07. The lowest BCUT2D eigenvalue weighted by molar-refractivity contribution is -0.134. The molecule has 6 nitrogen and oxygen atoms in total. The van der Waals surface area contributed by atoms with E-state index in [1.165, 1.54) is 11.8 Å². The van der Waals surface area contributed by atoms with E-state index in [0.29, 0.717) is 37.5 Å². The normalized spacial score (nSPS) is 15.8. The topological polar surface area (TPSA) is 70.6 Å². The largest absolute Gasteiger partial charge is 0.378 e. The molecule has 1 unspecified atom stereocenters. The number of ether oxygens (including phenoxy) is 1. The molecule has 1 amide bonds. The lowest BCUT2D eigenvalue weighted by Gasteiger charge is -2.29. The number of imidazole rings is 1. The van der Waals surface area contributed by atoms with Crippen LogP contribution in [0.5, 0.6) is 0 Å². The molecule has 138 valence electrons. The van der Waals surface area contributed by atoms with Gasteiger partial charge < -0.3 is 9.64 Å². The molecule has 1 atom stereocenters. The van der Waals surface area contributed by atoms with Crippen LogP contribution < -0.4 is 0 Å². The number of hydrogen-bond acceptors (Lipinski definition) is 5. The van der Waals surface area contributed by atoms with Crippen LogP contribution >= 0.6 is 11.8 Å². The third-order valence-electron chi connectivity index (χ3n) is 4.82. The Balaban J connectivity index is 1.77. The van der Waals surface area contributed by atoms with E-state index in [0.717, 1.165) is 21.6 Å². The minimum Gasteiger partial charge on any atom is -0.378 e. The van der Waals surface area contributed by atoms with Crippen molar-refractivity contribution >= 4 is 34.3 Å². The van der Waals surface area contributed by atoms with Gasteiger partial charge in [-0.3, -0.25) is 9.20 Å². The van der Waals surface area contributed by atoms with Gasteiger partial charge in [0, 0.05) is 13.1 Å². The van der Waals surface area contributed by atoms with Gasteiger partial charge >= 0.3 is 0 Å². The number of fused-ring (bicyclic) bond motifs is 3. The van der Waals surface area contributed by atoms with E-state index in [2.05, 4.69) is 11.1 Å². The Labute approximate surface area is 161 Å². The molecule has 2 aromatic heterocycles. The molecular weight excluding hydrogens is 360 g/mol. The molecule has 27 heavy (non-hydrogen) atoms. The number of thioether (sulfide) groups is 1. The summed E-state index contributed by atoms with van der Waals surface area (Å²) in [5.74, 6) is 0.114. The van der Waals surface area contributed by atoms with E-state index in [1.54, 1.807) is 0 Å². The molecule has 1 aromatic carbocycles. The lowest BCUT2D eigenvalue weighted by Crippen LogP contribution is -2.44. The van der Waals surface area contributed by atoms with Crippen molar-refractivity contribution in [3.63, 3.8) is 0 Å². The van der Waals surface area contributed by atoms with E-state index >= 15 is 0 Å². The number of carbonyl (C=O) groups excluding carboxylic acids is 1. The van der Waals surface area contributed by atoms with Gasteiger partial charge in [-0.25, -0.2) is 4.98 Å². The summed E-state index contributed by atoms with van der Waals surface area (Å²) in [6, 6.07) is 12.1. The maximum Gasteiger partial charge on any atom is 0.235 e. The maximum atomic E-state index is 12.8. The SMILES string of the molecule is Cc1cc(SC(C)C(=O)N2CCOCC2)n2c(nc3ccccc32)c1C#N. The second-order valence-corrected chi connectivity index (χ2v) is 7.97. The second kappa shape index (κ2) is 7.22. The van der Waals surface area contributed by atoms with Crippen LogP contribution in [0, 0.1) is 18.3 Å². The van der Waals surface area contributed by atoms with Crippen molar-refractivity contribution in [1.82, 2.24) is 14.3 Å². The fraction of sp³-hybridized carbons (Fsp3) is 0.350. The van der Waals surface area contributed by atoms with Gasteiger partial charge in [-0.2, -0.15) is 5.26 Å². The zero-order valence-electron chi connectivity index (χ0n) is 15.3. The van der Waals surface area contributed by atoms with Gasteiger partial charge in [0.05, 0.1) is 40.1 Å². The molecule has 0 aliphatic carbocycles. The molecule has 0 saturated carbocycles. The second-order valence-electron chi connectivity index (χ2n) is 6.61. The number of hydrogen-bond donors (Lipinski definition) is 0. The third-order valence-corrected chi connectivity index (χ3v) is 5.92. The molecule has 0 N–H and O–H groups in total. The van der Waals surface area contributed by atoms with Gasteiger partial charge in [0.2, 0.25) is 5.91 Å². The molecule has 0 radical (unpaired) electrons. The highest BCUT2D eigenvalue weighted by molar-refractivity contribution is 8.00. The Bertz CT molecular complexity index is 1060. The van der Waals surface area contributed by atoms with Gasteiger partial charge in [0.15, 0.2) is 5.65 Å². The fourth-order valence-corrected chi connectivity index (χ4v) is 4.56. The Kier molecular flexibility index (Phi) is 4.77. The molecule has 3 aromatic rings. The number of aromatic nitrogens is 2. The Hall–Kier alpha value is -2.56. The summed E-state index contributed by atoms with van der Waals surface area (Å²) in [5, 5.41) is 10.3. The average molecular weight is 380 g/mol. The van der Waals surface area contributed by atoms with Gasteiger partial charge in [-0.05, 0) is 37.6 Å². The predicted molar refractivity (Wildman–Crippen MR) is 105 cm³/mol. The monoisotopic (exact) mass is 380 g/mol. The van der Waals surface area contributed by atoms with Crippen molar-refractivity contribution < 1.29 is 9.53 Å². The van der Waals surface area contributed by atoms with Crippen molar-refractivity contribution in [2.75, 3.05) is 26.3 Å². The number of nitrogens with zero attached hydrogens (tertiary/aromatic N) is 4. The first kappa shape index (κ1) is 17.8. The summed E-state index contributed by atoms with van der Waals surface area (Å²) >= 11 is 1.51. The summed E-state index contributed by atoms with van der Waals surface area (Å²) < 4.78 is 7.34. The summed E-state index contributed by atoms with van der Waals surface area (Å²) in [6.45, 7) is 6.31. The van der Waals surface area contributed by atoms with Crippen LogP contribution in [0.1, 0.15) is 18.1 Å². The molecule has 1 saturated heterocycles. The number of benzene rings is 1. The molecule has 4 rings (SSSR count). The van der Waals surface area contributed by atoms with Crippen LogP contribution in [0.25, 0.3) is 16.7 Å². The minimum absolute atomic E-state index is 0.114. The van der Waals surface area contributed by atoms with E-state index in [4.69, 9.17) is 4.74 Å². The highest BCUT2D eigenvalue weighted by Crippen LogP contribution is 2.32. The summed E-state index contributed by atoms with van der Waals surface area (Å²) in [5.41, 5.74) is 3.87. The Morgan fingerprint density at radius 1 is 1.33 bits per heavy atom. The van der Waals surface area contributed by atoms with Gasteiger partial charge in [0.1, 0.15) is 6.07 Å². The van der Waals surface area contributed by atoms with Gasteiger partial charge in [-0.1, -0.05) is 23.9 Å². The van der Waals surface area contributed by atoms with Crippen LogP contribution in [0.2, 0.25) is 0 Å². The smallest absolute Gasteiger partial charge is 0.235 e. The molecule has 0 bridgehead atoms. The fourth-order valence-electron chi connectivity index (χ4n) is 3.41. The number of aryl methyl sites for hydroxylation is 1. The predicted octanol–water partition coefficient (Wildman–Crippen LogP) is 3.01. The van der Waals surface area contributed by atoms with E-state index in [1.807, 2.05) is 53.5 Å². The van der Waals surface area contributed by atoms with E-state index < -0.39 is 0 Å². The zero-order valence-corrected chi connectivity index (χ0v) is 16.1. The van der Waals surface area contributed by atoms with Gasteiger partial charge in [0.25, 0.3) is 0 Å². The molecule has 1 aliphatic rings. The highest BCUT2D eigenvalue weighted by atomic mass is 32.2. The maximum absolute atomic E-state index is 12.8. The van der Waals surface area contributed by atoms with Crippen molar-refractivity contribution in [3.05, 3.63) is 41.5 Å². The summed E-state index contributed by atoms with van der Waals surface area (Å²) in [7, 11) is 0. The van der Waals surface area contributed by atoms with Crippen LogP contribution in [0.15, 0.2) is 35.4 Å². The zero-order chi connectivity index (χ0) is 19.0. The summed E-state index contributed by atoms with van der Waals surface area (Å²) in [6.07, 6.45) is 0. The number of rotatable bonds is 3. The number of morpholine rings is 1. The first-order chi connectivity index (χ1) is 13.1. The van der Waals surface area contributed by atoms with Crippen molar-refractivity contribution in [2.24, 2.45) is 0 Å². The van der Waals surface area contributed by atoms with Crippen LogP contribution in [-0.4, -0.2) is 51.7 Å². The molecule has 7 heteroatoms. The molecular formula is C20H20N4O2S. The number of nitriles is 1. The molecule has 3 heterocycles. The molecule has 0 spiro atoms. The number of amides is 1. The number of para-hydroxylation sites is 2. The van der Waals surface area contributed by atoms with Crippen molar-refractivity contribution in [3.8, 4) is 6.07 Å². The van der Waals surface area contributed by atoms with Crippen molar-refractivity contribution in [1.29, 1.82) is 5.26 Å². The third kappa shape index (κ3) is 3.15. The van der Waals surface area contributed by atoms with Crippen LogP contribution in [0.4, 0.5) is 0 Å². The Morgan fingerprint density at radius 2 is 2.07 bits per heavy atom. The minimum atomic E-state index is -0.236. The van der Waals surface area contributed by atoms with E-state index in [9.17, 15) is 10.1 Å². The lowest BCUT2D eigenvalue weighted by atomic mass is 10.2. The Morgan fingerprint density at radius 3 is 2.81 bits per heavy atom. The first-order valence-corrected chi connectivity index (χ1v) is 9.82. The van der Waals surface area contributed by atoms with Crippen LogP contribution in [-0.2, 0) is 9.53 Å². The highest BCUT2D eigenvalue weighted by Gasteiger charge is 2.25. The standard InChI is InChI=1S/C20H20N4O2S/c1-13-11-18(27-14(2)20(25)23-7-9-26-10-8-23)24-17-6-4-3-5-16(17)22-19(24)15(13)12-21/h3-6,11,14H,7-10H2,1-2H3. The number of carbonyl (C=O) groups is 1.